The zero-order chi connectivity index (χ0) is 40.1. The molecule has 1 saturated heterocycles. The lowest BCUT2D eigenvalue weighted by molar-refractivity contribution is -0.142. The third-order valence-electron chi connectivity index (χ3n) is 11.8. The number of Topliss-reactive ketones (excluding diaryl/α,β-unsaturated/α-hetero) is 1. The van der Waals surface area contributed by atoms with Crippen molar-refractivity contribution in [1.29, 1.82) is 0 Å². The number of amides is 5. The Hall–Kier alpha value is -5.38. The number of nitrogens with two attached hydrogens (primary N) is 1. The maximum Gasteiger partial charge on any atom is 0.404 e. The van der Waals surface area contributed by atoms with E-state index in [0.717, 1.165) is 30.0 Å². The van der Waals surface area contributed by atoms with Gasteiger partial charge in [-0.05, 0) is 106 Å². The SMILES string of the molecule is CC(C)(O)c1cnnn1[C@H]1C[C@@H](C(=O)NC(CCCCNC(=O)O)C(=O)C(N)=O)N(C(=O)C(CCC2C[C@@H]3CC[C@H]2C3)NC(=O)c2ccc3ccccc3c2)C1. The summed E-state index contributed by atoms with van der Waals surface area (Å²) in [4.78, 5) is 80.2. The van der Waals surface area contributed by atoms with Gasteiger partial charge in [-0.2, -0.15) is 0 Å². The molecule has 0 spiro atoms. The lowest BCUT2D eigenvalue weighted by Gasteiger charge is -2.31. The van der Waals surface area contributed by atoms with E-state index in [1.54, 1.807) is 26.0 Å². The second-order valence-corrected chi connectivity index (χ2v) is 16.1. The number of nitrogens with zero attached hydrogens (tertiary/aromatic N) is 4. The zero-order valence-electron chi connectivity index (χ0n) is 31.9. The topological polar surface area (TPSA) is 239 Å². The summed E-state index contributed by atoms with van der Waals surface area (Å²) in [5, 5.41) is 37.7. The quantitative estimate of drug-likeness (QED) is 0.0867. The molecular weight excluding hydrogens is 720 g/mol. The maximum atomic E-state index is 14.9. The highest BCUT2D eigenvalue weighted by Crippen LogP contribution is 2.50. The number of aliphatic hydroxyl groups is 1. The average molecular weight is 773 g/mol. The van der Waals surface area contributed by atoms with Gasteiger partial charge in [-0.15, -0.1) is 5.10 Å². The number of carbonyl (C=O) groups is 6. The number of primary amides is 1. The number of aromatic nitrogens is 3. The van der Waals surface area contributed by atoms with Gasteiger partial charge in [-0.3, -0.25) is 24.0 Å². The molecule has 7 atom stereocenters. The number of hydrogen-bond donors (Lipinski definition) is 6. The molecule has 1 aliphatic heterocycles. The fraction of sp³-hybridized carbons (Fsp3) is 0.550. The molecule has 2 saturated carbocycles. The van der Waals surface area contributed by atoms with E-state index in [-0.39, 0.29) is 32.4 Å². The molecule has 56 heavy (non-hydrogen) atoms. The van der Waals surface area contributed by atoms with Crippen molar-refractivity contribution in [2.75, 3.05) is 13.1 Å². The molecular formula is C40H52N8O8. The summed E-state index contributed by atoms with van der Waals surface area (Å²) in [5.41, 5.74) is 4.75. The predicted octanol–water partition coefficient (Wildman–Crippen LogP) is 2.79. The number of carbonyl (C=O) groups excluding carboxylic acids is 5. The molecule has 3 unspecified atom stereocenters. The van der Waals surface area contributed by atoms with Crippen molar-refractivity contribution in [1.82, 2.24) is 35.8 Å². The molecule has 1 aromatic heterocycles. The molecule has 16 heteroatoms. The number of benzene rings is 2. The van der Waals surface area contributed by atoms with Crippen molar-refractivity contribution < 1.29 is 39.0 Å². The molecule has 300 valence electrons. The molecule has 2 aromatic carbocycles. The van der Waals surface area contributed by atoms with Crippen molar-refractivity contribution >= 4 is 46.3 Å². The molecule has 16 nitrogen and oxygen atoms in total. The summed E-state index contributed by atoms with van der Waals surface area (Å²) in [7, 11) is 0. The summed E-state index contributed by atoms with van der Waals surface area (Å²) in [6.45, 7) is 3.23. The molecule has 6 rings (SSSR count). The van der Waals surface area contributed by atoms with E-state index in [1.807, 2.05) is 30.3 Å². The molecule has 3 fully saturated rings. The minimum atomic E-state index is -1.36. The summed E-state index contributed by atoms with van der Waals surface area (Å²) in [6.07, 6.45) is 6.59. The Bertz CT molecular complexity index is 1960. The highest BCUT2D eigenvalue weighted by Gasteiger charge is 2.46. The number of rotatable bonds is 17. The van der Waals surface area contributed by atoms with Gasteiger partial charge in [0.2, 0.25) is 17.6 Å². The number of nitrogens with one attached hydrogen (secondary N) is 3. The highest BCUT2D eigenvalue weighted by atomic mass is 16.4. The molecule has 3 aromatic rings. The van der Waals surface area contributed by atoms with Gasteiger partial charge in [0.05, 0.1) is 24.0 Å². The van der Waals surface area contributed by atoms with Crippen LogP contribution in [0.25, 0.3) is 10.8 Å². The largest absolute Gasteiger partial charge is 0.465 e. The lowest BCUT2D eigenvalue weighted by atomic mass is 9.84. The Balaban J connectivity index is 1.27. The second-order valence-electron chi connectivity index (χ2n) is 16.1. The monoisotopic (exact) mass is 772 g/mol. The lowest BCUT2D eigenvalue weighted by Crippen LogP contribution is -2.56. The third kappa shape index (κ3) is 9.34. The Labute approximate surface area is 324 Å². The van der Waals surface area contributed by atoms with Crippen LogP contribution in [0.3, 0.4) is 0 Å². The van der Waals surface area contributed by atoms with E-state index in [0.29, 0.717) is 41.9 Å². The Morgan fingerprint density at radius 1 is 0.946 bits per heavy atom. The van der Waals surface area contributed by atoms with Crippen LogP contribution in [-0.4, -0.2) is 96.8 Å². The first-order valence-corrected chi connectivity index (χ1v) is 19.5. The van der Waals surface area contributed by atoms with E-state index in [4.69, 9.17) is 10.8 Å². The van der Waals surface area contributed by atoms with E-state index in [2.05, 4.69) is 26.3 Å². The van der Waals surface area contributed by atoms with Gasteiger partial charge in [0, 0.05) is 25.1 Å². The van der Waals surface area contributed by atoms with Crippen LogP contribution in [0.5, 0.6) is 0 Å². The minimum Gasteiger partial charge on any atom is -0.465 e. The third-order valence-corrected chi connectivity index (χ3v) is 11.8. The average Bonchev–Trinajstić information content (AvgIpc) is 3.99. The van der Waals surface area contributed by atoms with Gasteiger partial charge >= 0.3 is 6.09 Å². The smallest absolute Gasteiger partial charge is 0.404 e. The predicted molar refractivity (Wildman–Crippen MR) is 204 cm³/mol. The molecule has 7 N–H and O–H groups in total. The number of carboxylic acid groups (broad SMARTS) is 1. The van der Waals surface area contributed by atoms with Gasteiger partial charge < -0.3 is 36.8 Å². The van der Waals surface area contributed by atoms with Crippen LogP contribution in [0, 0.1) is 17.8 Å². The van der Waals surface area contributed by atoms with Crippen molar-refractivity contribution in [3.8, 4) is 0 Å². The number of fused-ring (bicyclic) bond motifs is 3. The van der Waals surface area contributed by atoms with Crippen molar-refractivity contribution in [2.24, 2.45) is 23.5 Å². The van der Waals surface area contributed by atoms with Crippen LogP contribution >= 0.6 is 0 Å². The zero-order valence-corrected chi connectivity index (χ0v) is 31.9. The van der Waals surface area contributed by atoms with Gasteiger partial charge in [-0.1, -0.05) is 42.0 Å². The van der Waals surface area contributed by atoms with Crippen LogP contribution in [0.4, 0.5) is 4.79 Å². The van der Waals surface area contributed by atoms with Crippen LogP contribution in [0.2, 0.25) is 0 Å². The van der Waals surface area contributed by atoms with Gasteiger partial charge in [0.15, 0.2) is 0 Å². The first-order valence-electron chi connectivity index (χ1n) is 19.5. The Morgan fingerprint density at radius 3 is 2.39 bits per heavy atom. The van der Waals surface area contributed by atoms with E-state index >= 15 is 0 Å². The highest BCUT2D eigenvalue weighted by molar-refractivity contribution is 6.37. The van der Waals surface area contributed by atoms with Crippen molar-refractivity contribution in [3.63, 3.8) is 0 Å². The standard InChI is InChI=1S/C40H52N8O8/c1-40(2,56)33-21-43-46-48(33)29-20-32(37(52)44-30(34(49)35(41)50)9-5-6-16-42-39(54)55)47(22-29)38(53)31(15-14-27-18-23-10-11-26(27)17-23)45-36(51)28-13-12-24-7-3-4-8-25(24)19-28/h3-4,7-8,12-13,19,21,23,26-27,29-32,42,56H,5-6,9-11,14-18,20,22H2,1-2H3,(H2,41,50)(H,44,52)(H,45,51)(H,54,55)/t23-,26+,27?,29+,30?,31?,32+/m1/s1. The van der Waals surface area contributed by atoms with E-state index in [9.17, 15) is 33.9 Å². The molecule has 5 amide bonds. The van der Waals surface area contributed by atoms with Crippen LogP contribution in [0.15, 0.2) is 48.7 Å². The fourth-order valence-electron chi connectivity index (χ4n) is 8.95. The molecule has 3 aliphatic rings. The van der Waals surface area contributed by atoms with E-state index < -0.39 is 65.3 Å². The van der Waals surface area contributed by atoms with Crippen molar-refractivity contribution in [2.45, 2.75) is 108 Å². The second kappa shape index (κ2) is 17.2. The first kappa shape index (κ1) is 40.3. The van der Waals surface area contributed by atoms with Gasteiger partial charge in [0.1, 0.15) is 17.7 Å². The van der Waals surface area contributed by atoms with Gasteiger partial charge in [0.25, 0.3) is 11.8 Å². The summed E-state index contributed by atoms with van der Waals surface area (Å²) in [6, 6.07) is 8.92. The van der Waals surface area contributed by atoms with Crippen LogP contribution < -0.4 is 21.7 Å². The minimum absolute atomic E-state index is 0.00117. The van der Waals surface area contributed by atoms with E-state index in [1.165, 1.54) is 28.6 Å². The molecule has 0 radical (unpaired) electrons. The number of likely N-dealkylation sites (tertiary alicyclic amines) is 1. The Kier molecular flexibility index (Phi) is 12.4. The number of hydrogen-bond acceptors (Lipinski definition) is 9. The Morgan fingerprint density at radius 2 is 1.71 bits per heavy atom. The number of unbranched alkanes of at least 4 members (excludes halogenated alkanes) is 1. The normalized spacial score (nSPS) is 22.8. The summed E-state index contributed by atoms with van der Waals surface area (Å²) in [5.74, 6) is -2.17. The molecule has 2 bridgehead atoms. The summed E-state index contributed by atoms with van der Waals surface area (Å²) < 4.78 is 1.49. The van der Waals surface area contributed by atoms with Crippen LogP contribution in [0.1, 0.15) is 100 Å². The fourth-order valence-corrected chi connectivity index (χ4v) is 8.95. The molecule has 2 heterocycles. The first-order chi connectivity index (χ1) is 26.7. The summed E-state index contributed by atoms with van der Waals surface area (Å²) >= 11 is 0. The maximum absolute atomic E-state index is 14.9. The van der Waals surface area contributed by atoms with Crippen molar-refractivity contribution in [3.05, 3.63) is 59.9 Å². The van der Waals surface area contributed by atoms with Crippen LogP contribution in [-0.2, 0) is 24.8 Å². The number of ketones is 1. The van der Waals surface area contributed by atoms with Gasteiger partial charge in [-0.25, -0.2) is 9.48 Å². The molecule has 2 aliphatic carbocycles.